The van der Waals surface area contributed by atoms with E-state index in [-0.39, 0.29) is 5.56 Å². The molecule has 2 rings (SSSR count). The van der Waals surface area contributed by atoms with E-state index < -0.39 is 32.5 Å². The van der Waals surface area contributed by atoms with Crippen LogP contribution in [0.1, 0.15) is 22.8 Å². The fourth-order valence-electron chi connectivity index (χ4n) is 2.15. The molecule has 1 unspecified atom stereocenters. The quantitative estimate of drug-likeness (QED) is 0.512. The van der Waals surface area contributed by atoms with E-state index in [1.54, 1.807) is 30.3 Å². The molecule has 0 saturated heterocycles. The molecule has 0 fully saturated rings. The van der Waals surface area contributed by atoms with Gasteiger partial charge in [0.15, 0.2) is 5.78 Å². The average Bonchev–Trinajstić information content (AvgIpc) is 2.54. The van der Waals surface area contributed by atoms with Gasteiger partial charge in [-0.2, -0.15) is 0 Å². The highest BCUT2D eigenvalue weighted by atomic mass is 16.6. The lowest BCUT2D eigenvalue weighted by atomic mass is 9.85. The van der Waals surface area contributed by atoms with Crippen LogP contribution >= 0.6 is 0 Å². The van der Waals surface area contributed by atoms with Crippen LogP contribution < -0.4 is 5.73 Å². The normalized spacial score (nSPS) is 13.1. The number of nitro benzene ring substituents is 2. The van der Waals surface area contributed by atoms with Crippen LogP contribution in [-0.2, 0) is 5.54 Å². The largest absolute Gasteiger partial charge is 0.315 e. The molecule has 2 aromatic rings. The van der Waals surface area contributed by atoms with Gasteiger partial charge in [-0.25, -0.2) is 0 Å². The van der Waals surface area contributed by atoms with Crippen LogP contribution in [0, 0.1) is 20.2 Å². The molecule has 0 bridgehead atoms. The Hall–Kier alpha value is -3.13. The van der Waals surface area contributed by atoms with Crippen molar-refractivity contribution in [2.75, 3.05) is 0 Å². The van der Waals surface area contributed by atoms with E-state index in [0.717, 1.165) is 18.2 Å². The predicted octanol–water partition coefficient (Wildman–Crippen LogP) is 2.56. The van der Waals surface area contributed by atoms with Crippen LogP contribution in [0.25, 0.3) is 0 Å². The standard InChI is InChI=1S/C15H13N3O5/c1-15(16,11-5-3-2-4-6-11)14(19)10-7-12(17(20)21)9-13(8-10)18(22)23/h2-9H,16H2,1H3. The zero-order valence-electron chi connectivity index (χ0n) is 12.1. The number of hydrogen-bond acceptors (Lipinski definition) is 6. The van der Waals surface area contributed by atoms with Gasteiger partial charge in [0.05, 0.1) is 15.9 Å². The maximum Gasteiger partial charge on any atom is 0.277 e. The van der Waals surface area contributed by atoms with E-state index in [1.165, 1.54) is 6.92 Å². The van der Waals surface area contributed by atoms with Crippen molar-refractivity contribution in [3.05, 3.63) is 79.9 Å². The third-order valence-electron chi connectivity index (χ3n) is 3.43. The van der Waals surface area contributed by atoms with Gasteiger partial charge in [-0.3, -0.25) is 25.0 Å². The Balaban J connectivity index is 2.54. The van der Waals surface area contributed by atoms with Crippen molar-refractivity contribution in [3.8, 4) is 0 Å². The first-order valence-corrected chi connectivity index (χ1v) is 6.56. The number of benzene rings is 2. The molecule has 0 saturated carbocycles. The summed E-state index contributed by atoms with van der Waals surface area (Å²) in [5.41, 5.74) is 3.86. The molecule has 0 aliphatic rings. The Morgan fingerprint density at radius 3 is 1.91 bits per heavy atom. The monoisotopic (exact) mass is 315 g/mol. The van der Waals surface area contributed by atoms with Gasteiger partial charge < -0.3 is 5.73 Å². The maximum atomic E-state index is 12.6. The first-order chi connectivity index (χ1) is 10.7. The maximum absolute atomic E-state index is 12.6. The second-order valence-electron chi connectivity index (χ2n) is 5.15. The Bertz CT molecular complexity index is 755. The van der Waals surface area contributed by atoms with Crippen molar-refractivity contribution in [3.63, 3.8) is 0 Å². The molecule has 0 aliphatic carbocycles. The number of non-ortho nitro benzene ring substituents is 2. The summed E-state index contributed by atoms with van der Waals surface area (Å²) in [6, 6.07) is 11.2. The zero-order chi connectivity index (χ0) is 17.2. The van der Waals surface area contributed by atoms with E-state index in [0.29, 0.717) is 5.56 Å². The van der Waals surface area contributed by atoms with Crippen LogP contribution in [0.2, 0.25) is 0 Å². The first kappa shape index (κ1) is 16.2. The summed E-state index contributed by atoms with van der Waals surface area (Å²) in [4.78, 5) is 32.9. The molecular weight excluding hydrogens is 302 g/mol. The average molecular weight is 315 g/mol. The van der Waals surface area contributed by atoms with Crippen molar-refractivity contribution in [1.82, 2.24) is 0 Å². The molecule has 0 aliphatic heterocycles. The number of hydrogen-bond donors (Lipinski definition) is 1. The predicted molar refractivity (Wildman–Crippen MR) is 82.1 cm³/mol. The number of carbonyl (C=O) groups is 1. The van der Waals surface area contributed by atoms with Gasteiger partial charge in [-0.05, 0) is 12.5 Å². The molecule has 8 nitrogen and oxygen atoms in total. The topological polar surface area (TPSA) is 129 Å². The lowest BCUT2D eigenvalue weighted by Crippen LogP contribution is -2.41. The number of nitrogens with zero attached hydrogens (tertiary/aromatic N) is 2. The smallest absolute Gasteiger partial charge is 0.277 e. The molecule has 0 amide bonds. The lowest BCUT2D eigenvalue weighted by molar-refractivity contribution is -0.394. The Morgan fingerprint density at radius 2 is 1.48 bits per heavy atom. The van der Waals surface area contributed by atoms with Gasteiger partial charge in [0.1, 0.15) is 5.54 Å². The van der Waals surface area contributed by atoms with Gasteiger partial charge in [0.2, 0.25) is 0 Å². The van der Waals surface area contributed by atoms with Gasteiger partial charge in [-0.1, -0.05) is 30.3 Å². The summed E-state index contributed by atoms with van der Waals surface area (Å²) in [6.07, 6.45) is 0. The number of Topliss-reactive ketones (excluding diaryl/α,β-unsaturated/α-hetero) is 1. The minimum Gasteiger partial charge on any atom is -0.315 e. The number of carbonyl (C=O) groups excluding carboxylic acids is 1. The van der Waals surface area contributed by atoms with Crippen LogP contribution in [0.3, 0.4) is 0 Å². The van der Waals surface area contributed by atoms with Crippen LogP contribution in [0.15, 0.2) is 48.5 Å². The van der Waals surface area contributed by atoms with E-state index >= 15 is 0 Å². The summed E-state index contributed by atoms with van der Waals surface area (Å²) in [5, 5.41) is 21.8. The van der Waals surface area contributed by atoms with Gasteiger partial charge in [0, 0.05) is 17.7 Å². The van der Waals surface area contributed by atoms with Crippen molar-refractivity contribution < 1.29 is 14.6 Å². The Kier molecular flexibility index (Phi) is 4.19. The van der Waals surface area contributed by atoms with E-state index in [1.807, 2.05) is 0 Å². The van der Waals surface area contributed by atoms with Crippen LogP contribution in [0.4, 0.5) is 11.4 Å². The van der Waals surface area contributed by atoms with Crippen molar-refractivity contribution in [2.24, 2.45) is 5.73 Å². The van der Waals surface area contributed by atoms with Crippen molar-refractivity contribution in [2.45, 2.75) is 12.5 Å². The molecule has 118 valence electrons. The van der Waals surface area contributed by atoms with Crippen LogP contribution in [0.5, 0.6) is 0 Å². The molecule has 2 N–H and O–H groups in total. The molecule has 0 spiro atoms. The molecular formula is C15H13N3O5. The summed E-state index contributed by atoms with van der Waals surface area (Å²) in [7, 11) is 0. The minimum absolute atomic E-state index is 0.181. The molecule has 1 atom stereocenters. The summed E-state index contributed by atoms with van der Waals surface area (Å²) >= 11 is 0. The molecule has 0 radical (unpaired) electrons. The highest BCUT2D eigenvalue weighted by molar-refractivity contribution is 6.04. The third kappa shape index (κ3) is 3.22. The Morgan fingerprint density at radius 1 is 1.00 bits per heavy atom. The molecule has 2 aromatic carbocycles. The third-order valence-corrected chi connectivity index (χ3v) is 3.43. The number of nitro groups is 2. The van der Waals surface area contributed by atoms with E-state index in [2.05, 4.69) is 0 Å². The minimum atomic E-state index is -1.47. The van der Waals surface area contributed by atoms with E-state index in [9.17, 15) is 25.0 Å². The fraction of sp³-hybridized carbons (Fsp3) is 0.133. The number of ketones is 1. The zero-order valence-corrected chi connectivity index (χ0v) is 12.1. The second-order valence-corrected chi connectivity index (χ2v) is 5.15. The van der Waals surface area contributed by atoms with Crippen LogP contribution in [-0.4, -0.2) is 15.6 Å². The van der Waals surface area contributed by atoms with Gasteiger partial charge >= 0.3 is 0 Å². The second kappa shape index (κ2) is 5.93. The highest BCUT2D eigenvalue weighted by Crippen LogP contribution is 2.28. The lowest BCUT2D eigenvalue weighted by Gasteiger charge is -2.23. The van der Waals surface area contributed by atoms with Crippen molar-refractivity contribution >= 4 is 17.2 Å². The van der Waals surface area contributed by atoms with E-state index in [4.69, 9.17) is 5.73 Å². The molecule has 0 aromatic heterocycles. The highest BCUT2D eigenvalue weighted by Gasteiger charge is 2.33. The van der Waals surface area contributed by atoms with Gasteiger partial charge in [0.25, 0.3) is 11.4 Å². The molecule has 23 heavy (non-hydrogen) atoms. The fourth-order valence-corrected chi connectivity index (χ4v) is 2.15. The Labute approximate surface area is 130 Å². The first-order valence-electron chi connectivity index (χ1n) is 6.56. The summed E-state index contributed by atoms with van der Waals surface area (Å²) in [6.45, 7) is 1.45. The summed E-state index contributed by atoms with van der Waals surface area (Å²) < 4.78 is 0. The molecule has 8 heteroatoms. The van der Waals surface area contributed by atoms with Gasteiger partial charge in [-0.15, -0.1) is 0 Å². The number of nitrogens with two attached hydrogens (primary N) is 1. The van der Waals surface area contributed by atoms with Crippen molar-refractivity contribution in [1.29, 1.82) is 0 Å². The number of rotatable bonds is 5. The molecule has 0 heterocycles. The summed E-state index contributed by atoms with van der Waals surface area (Å²) in [5.74, 6) is -0.643. The SMILES string of the molecule is CC(N)(C(=O)c1cc([N+](=O)[O-])cc([N+](=O)[O-])c1)c1ccccc1.